The monoisotopic (exact) mass is 277 g/mol. The van der Waals surface area contributed by atoms with Crippen LogP contribution in [0.2, 0.25) is 0 Å². The zero-order valence-electron chi connectivity index (χ0n) is 12.6. The van der Waals surface area contributed by atoms with Crippen molar-refractivity contribution >= 4 is 17.1 Å². The van der Waals surface area contributed by atoms with E-state index in [0.717, 1.165) is 18.6 Å². The average Bonchev–Trinajstić information content (AvgIpc) is 2.34. The molecule has 0 aliphatic heterocycles. The highest BCUT2D eigenvalue weighted by Gasteiger charge is 2.12. The lowest BCUT2D eigenvalue weighted by Crippen LogP contribution is -2.10. The average molecular weight is 277 g/mol. The number of nitrogens with zero attached hydrogens (tertiary/aromatic N) is 2. The third-order valence-electron chi connectivity index (χ3n) is 2.72. The molecule has 0 saturated heterocycles. The molecule has 0 bridgehead atoms. The number of nitro benzene ring substituents is 1. The lowest BCUT2D eigenvalue weighted by Gasteiger charge is -2.12. The van der Waals surface area contributed by atoms with Crippen molar-refractivity contribution < 1.29 is 4.92 Å². The van der Waals surface area contributed by atoms with Gasteiger partial charge in [-0.3, -0.25) is 15.5 Å². The van der Waals surface area contributed by atoms with Crippen LogP contribution in [0.5, 0.6) is 0 Å². The second-order valence-electron chi connectivity index (χ2n) is 5.76. The van der Waals surface area contributed by atoms with Gasteiger partial charge in [-0.1, -0.05) is 39.8 Å². The van der Waals surface area contributed by atoms with Gasteiger partial charge in [0.1, 0.15) is 5.69 Å². The van der Waals surface area contributed by atoms with E-state index in [9.17, 15) is 10.1 Å². The number of nitrogens with one attached hydrogen (secondary N) is 1. The predicted molar refractivity (Wildman–Crippen MR) is 83.1 cm³/mol. The minimum atomic E-state index is -0.400. The standard InChI is InChI=1S/C15H23N3O2/c1-11(2)9-13(10-12(3)4)16-17-14-7-5-6-8-15(14)18(19)20/h5-8,11-12,17H,9-10H2,1-4H3. The topological polar surface area (TPSA) is 67.5 Å². The van der Waals surface area contributed by atoms with E-state index in [1.807, 2.05) is 0 Å². The number of nitro groups is 1. The van der Waals surface area contributed by atoms with Crippen molar-refractivity contribution in [3.05, 3.63) is 34.4 Å². The summed E-state index contributed by atoms with van der Waals surface area (Å²) in [6, 6.07) is 6.55. The Morgan fingerprint density at radius 2 is 1.75 bits per heavy atom. The summed E-state index contributed by atoms with van der Waals surface area (Å²) in [5.74, 6) is 1.03. The molecule has 1 aromatic carbocycles. The third-order valence-corrected chi connectivity index (χ3v) is 2.72. The van der Waals surface area contributed by atoms with E-state index >= 15 is 0 Å². The van der Waals surface area contributed by atoms with Gasteiger partial charge < -0.3 is 0 Å². The van der Waals surface area contributed by atoms with Crippen molar-refractivity contribution in [2.75, 3.05) is 5.43 Å². The molecule has 0 saturated carbocycles. The highest BCUT2D eigenvalue weighted by molar-refractivity contribution is 5.85. The van der Waals surface area contributed by atoms with Crippen molar-refractivity contribution in [2.45, 2.75) is 40.5 Å². The molecular formula is C15H23N3O2. The normalized spacial score (nSPS) is 10.7. The molecule has 0 fully saturated rings. The van der Waals surface area contributed by atoms with E-state index in [1.165, 1.54) is 6.07 Å². The van der Waals surface area contributed by atoms with Crippen molar-refractivity contribution in [1.82, 2.24) is 0 Å². The van der Waals surface area contributed by atoms with E-state index in [2.05, 4.69) is 38.2 Å². The first-order chi connectivity index (χ1) is 9.40. The molecule has 1 rings (SSSR count). The second kappa shape index (κ2) is 7.62. The van der Waals surface area contributed by atoms with Crippen LogP contribution in [0.1, 0.15) is 40.5 Å². The van der Waals surface area contributed by atoms with E-state index < -0.39 is 4.92 Å². The van der Waals surface area contributed by atoms with Gasteiger partial charge >= 0.3 is 0 Å². The van der Waals surface area contributed by atoms with Crippen molar-refractivity contribution in [1.29, 1.82) is 0 Å². The molecule has 0 aliphatic carbocycles. The van der Waals surface area contributed by atoms with Gasteiger partial charge in [0.15, 0.2) is 0 Å². The van der Waals surface area contributed by atoms with E-state index in [1.54, 1.807) is 18.2 Å². The smallest absolute Gasteiger partial charge is 0.272 e. The maximum atomic E-state index is 10.9. The quantitative estimate of drug-likeness (QED) is 0.454. The molecule has 5 nitrogen and oxygen atoms in total. The Balaban J connectivity index is 2.88. The van der Waals surface area contributed by atoms with Crippen LogP contribution < -0.4 is 5.43 Å². The molecule has 0 radical (unpaired) electrons. The van der Waals surface area contributed by atoms with Gasteiger partial charge in [-0.2, -0.15) is 5.10 Å². The van der Waals surface area contributed by atoms with Crippen LogP contribution >= 0.6 is 0 Å². The molecule has 0 atom stereocenters. The highest BCUT2D eigenvalue weighted by atomic mass is 16.6. The molecule has 0 aromatic heterocycles. The summed E-state index contributed by atoms with van der Waals surface area (Å²) < 4.78 is 0. The zero-order chi connectivity index (χ0) is 15.1. The largest absolute Gasteiger partial charge is 0.294 e. The van der Waals surface area contributed by atoms with Gasteiger partial charge in [-0.25, -0.2) is 0 Å². The first kappa shape index (κ1) is 16.1. The summed E-state index contributed by atoms with van der Waals surface area (Å²) in [6.45, 7) is 8.56. The van der Waals surface area contributed by atoms with Crippen molar-refractivity contribution in [2.24, 2.45) is 16.9 Å². The molecule has 0 aliphatic rings. The summed E-state index contributed by atoms with van der Waals surface area (Å²) in [7, 11) is 0. The first-order valence-corrected chi connectivity index (χ1v) is 6.95. The molecular weight excluding hydrogens is 254 g/mol. The lowest BCUT2D eigenvalue weighted by molar-refractivity contribution is -0.384. The van der Waals surface area contributed by atoms with Gasteiger partial charge in [0.2, 0.25) is 0 Å². The van der Waals surface area contributed by atoms with E-state index in [4.69, 9.17) is 0 Å². The van der Waals surface area contributed by atoms with Crippen molar-refractivity contribution in [3.63, 3.8) is 0 Å². The fourth-order valence-electron chi connectivity index (χ4n) is 1.98. The summed E-state index contributed by atoms with van der Waals surface area (Å²) in [5, 5.41) is 15.3. The summed E-state index contributed by atoms with van der Waals surface area (Å²) >= 11 is 0. The van der Waals surface area contributed by atoms with Crippen LogP contribution in [0.15, 0.2) is 29.4 Å². The second-order valence-corrected chi connectivity index (χ2v) is 5.76. The zero-order valence-corrected chi connectivity index (χ0v) is 12.6. The first-order valence-electron chi connectivity index (χ1n) is 6.95. The highest BCUT2D eigenvalue weighted by Crippen LogP contribution is 2.23. The molecule has 1 aromatic rings. The Kier molecular flexibility index (Phi) is 6.15. The number of rotatable bonds is 7. The minimum Gasteiger partial charge on any atom is -0.272 e. The van der Waals surface area contributed by atoms with Gasteiger partial charge in [0.05, 0.1) is 4.92 Å². The molecule has 20 heavy (non-hydrogen) atoms. The molecule has 110 valence electrons. The summed E-state index contributed by atoms with van der Waals surface area (Å²) in [4.78, 5) is 10.5. The van der Waals surface area contributed by atoms with Crippen LogP contribution in [-0.2, 0) is 0 Å². The predicted octanol–water partition coefficient (Wildman–Crippen LogP) is 4.45. The van der Waals surface area contributed by atoms with Gasteiger partial charge in [-0.15, -0.1) is 0 Å². The Bertz CT molecular complexity index is 470. The van der Waals surface area contributed by atoms with Crippen molar-refractivity contribution in [3.8, 4) is 0 Å². The van der Waals surface area contributed by atoms with Crippen LogP contribution in [0.25, 0.3) is 0 Å². The molecule has 0 amide bonds. The van der Waals surface area contributed by atoms with E-state index in [-0.39, 0.29) is 5.69 Å². The molecule has 1 N–H and O–H groups in total. The van der Waals surface area contributed by atoms with E-state index in [0.29, 0.717) is 17.5 Å². The maximum absolute atomic E-state index is 10.9. The number of benzene rings is 1. The fraction of sp³-hybridized carbons (Fsp3) is 0.533. The van der Waals surface area contributed by atoms with Crippen LogP contribution in [0.4, 0.5) is 11.4 Å². The lowest BCUT2D eigenvalue weighted by atomic mass is 9.99. The Hall–Kier alpha value is -1.91. The number of para-hydroxylation sites is 2. The molecule has 0 unspecified atom stereocenters. The number of hydrogen-bond acceptors (Lipinski definition) is 4. The summed E-state index contributed by atoms with van der Waals surface area (Å²) in [6.07, 6.45) is 1.79. The Morgan fingerprint density at radius 1 is 1.20 bits per heavy atom. The Labute approximate surface area is 120 Å². The van der Waals surface area contributed by atoms with Crippen LogP contribution in [0, 0.1) is 22.0 Å². The SMILES string of the molecule is CC(C)CC(CC(C)C)=NNc1ccccc1[N+](=O)[O-]. The number of anilines is 1. The number of hydrazone groups is 1. The molecule has 0 heterocycles. The van der Waals surface area contributed by atoms with Crippen LogP contribution in [-0.4, -0.2) is 10.6 Å². The fourth-order valence-corrected chi connectivity index (χ4v) is 1.98. The molecule has 0 spiro atoms. The summed E-state index contributed by atoms with van der Waals surface area (Å²) in [5.41, 5.74) is 4.38. The van der Waals surface area contributed by atoms with Gasteiger partial charge in [0, 0.05) is 11.8 Å². The number of hydrogen-bond donors (Lipinski definition) is 1. The minimum absolute atomic E-state index is 0.0460. The van der Waals surface area contributed by atoms with Gasteiger partial charge in [-0.05, 0) is 30.7 Å². The van der Waals surface area contributed by atoms with Gasteiger partial charge in [0.25, 0.3) is 5.69 Å². The third kappa shape index (κ3) is 5.38. The van der Waals surface area contributed by atoms with Crippen LogP contribution in [0.3, 0.4) is 0 Å². The Morgan fingerprint density at radius 3 is 2.25 bits per heavy atom. The molecule has 5 heteroatoms. The maximum Gasteiger partial charge on any atom is 0.294 e.